The molecular weight excluding hydrogens is 228 g/mol. The first-order valence-corrected chi connectivity index (χ1v) is 5.71. The van der Waals surface area contributed by atoms with E-state index in [2.05, 4.69) is 11.9 Å². The van der Waals surface area contributed by atoms with Crippen LogP contribution in [0.2, 0.25) is 0 Å². The van der Waals surface area contributed by atoms with E-state index in [0.717, 1.165) is 5.56 Å². The van der Waals surface area contributed by atoms with Gasteiger partial charge in [-0.2, -0.15) is 0 Å². The predicted octanol–water partition coefficient (Wildman–Crippen LogP) is 1.34. The second-order valence-corrected chi connectivity index (χ2v) is 3.86. The Balaban J connectivity index is 3.12. The SMILES string of the molecule is C=C/C=C(/C(=O)NCCN)c1cc(O)ccc1C. The van der Waals surface area contributed by atoms with Gasteiger partial charge < -0.3 is 16.2 Å². The molecule has 0 radical (unpaired) electrons. The van der Waals surface area contributed by atoms with Crippen molar-refractivity contribution in [1.29, 1.82) is 0 Å². The lowest BCUT2D eigenvalue weighted by Gasteiger charge is -2.11. The van der Waals surface area contributed by atoms with Crippen LogP contribution < -0.4 is 11.1 Å². The first-order chi connectivity index (χ1) is 8.60. The van der Waals surface area contributed by atoms with Crippen LogP contribution in [0, 0.1) is 6.92 Å². The molecule has 0 bridgehead atoms. The number of allylic oxidation sites excluding steroid dienone is 2. The number of phenolic OH excluding ortho intramolecular Hbond substituents is 1. The van der Waals surface area contributed by atoms with E-state index in [4.69, 9.17) is 5.73 Å². The van der Waals surface area contributed by atoms with E-state index in [0.29, 0.717) is 24.2 Å². The van der Waals surface area contributed by atoms with Crippen molar-refractivity contribution in [3.05, 3.63) is 48.1 Å². The van der Waals surface area contributed by atoms with E-state index in [-0.39, 0.29) is 11.7 Å². The van der Waals surface area contributed by atoms with E-state index in [9.17, 15) is 9.90 Å². The molecule has 0 fully saturated rings. The van der Waals surface area contributed by atoms with Crippen molar-refractivity contribution >= 4 is 11.5 Å². The number of aromatic hydroxyl groups is 1. The monoisotopic (exact) mass is 246 g/mol. The fourth-order valence-electron chi connectivity index (χ4n) is 1.59. The molecule has 0 aliphatic heterocycles. The molecule has 1 amide bonds. The maximum Gasteiger partial charge on any atom is 0.251 e. The van der Waals surface area contributed by atoms with Gasteiger partial charge in [-0.1, -0.05) is 18.7 Å². The highest BCUT2D eigenvalue weighted by molar-refractivity contribution is 6.20. The molecule has 0 atom stereocenters. The lowest BCUT2D eigenvalue weighted by Crippen LogP contribution is -2.29. The number of nitrogens with one attached hydrogen (secondary N) is 1. The lowest BCUT2D eigenvalue weighted by molar-refractivity contribution is -0.115. The number of carbonyl (C=O) groups is 1. The number of phenols is 1. The average molecular weight is 246 g/mol. The van der Waals surface area contributed by atoms with E-state index >= 15 is 0 Å². The number of carbonyl (C=O) groups excluding carboxylic acids is 1. The van der Waals surface area contributed by atoms with Crippen LogP contribution in [0.3, 0.4) is 0 Å². The van der Waals surface area contributed by atoms with Crippen LogP contribution in [0.4, 0.5) is 0 Å². The molecule has 4 nitrogen and oxygen atoms in total. The zero-order valence-electron chi connectivity index (χ0n) is 10.4. The van der Waals surface area contributed by atoms with Gasteiger partial charge in [0, 0.05) is 18.7 Å². The summed E-state index contributed by atoms with van der Waals surface area (Å²) < 4.78 is 0. The number of hydrogen-bond acceptors (Lipinski definition) is 3. The molecule has 0 saturated heterocycles. The Morgan fingerprint density at radius 1 is 1.56 bits per heavy atom. The van der Waals surface area contributed by atoms with Crippen LogP contribution in [0.1, 0.15) is 11.1 Å². The molecule has 1 aromatic rings. The Hall–Kier alpha value is -2.07. The van der Waals surface area contributed by atoms with Crippen molar-refractivity contribution in [3.63, 3.8) is 0 Å². The predicted molar refractivity (Wildman–Crippen MR) is 73.1 cm³/mol. The standard InChI is InChI=1S/C14H18N2O2/c1-3-4-12(14(18)16-8-7-15)13-9-11(17)6-5-10(13)2/h3-6,9,17H,1,7-8,15H2,2H3,(H,16,18)/b12-4+. The van der Waals surface area contributed by atoms with Crippen LogP contribution in [0.15, 0.2) is 36.9 Å². The van der Waals surface area contributed by atoms with Gasteiger partial charge in [0.2, 0.25) is 0 Å². The second kappa shape index (κ2) is 6.61. The molecular formula is C14H18N2O2. The van der Waals surface area contributed by atoms with E-state index in [1.165, 1.54) is 0 Å². The zero-order valence-corrected chi connectivity index (χ0v) is 10.4. The number of aryl methyl sites for hydroxylation is 1. The molecule has 96 valence electrons. The Labute approximate surface area is 107 Å². The van der Waals surface area contributed by atoms with Crippen molar-refractivity contribution in [1.82, 2.24) is 5.32 Å². The van der Waals surface area contributed by atoms with Crippen molar-refractivity contribution < 1.29 is 9.90 Å². The van der Waals surface area contributed by atoms with Gasteiger partial charge in [0.1, 0.15) is 5.75 Å². The minimum atomic E-state index is -0.228. The van der Waals surface area contributed by atoms with Gasteiger partial charge in [-0.15, -0.1) is 0 Å². The van der Waals surface area contributed by atoms with Crippen LogP contribution in [0.25, 0.3) is 5.57 Å². The fraction of sp³-hybridized carbons (Fsp3) is 0.214. The van der Waals surface area contributed by atoms with Gasteiger partial charge in [-0.05, 0) is 36.3 Å². The number of benzene rings is 1. The highest BCUT2D eigenvalue weighted by atomic mass is 16.3. The Kier molecular flexibility index (Phi) is 5.14. The highest BCUT2D eigenvalue weighted by Gasteiger charge is 2.13. The van der Waals surface area contributed by atoms with Gasteiger partial charge in [-0.25, -0.2) is 0 Å². The number of amides is 1. The zero-order chi connectivity index (χ0) is 13.5. The third-order valence-electron chi connectivity index (χ3n) is 2.47. The first-order valence-electron chi connectivity index (χ1n) is 5.71. The van der Waals surface area contributed by atoms with Crippen molar-refractivity contribution in [2.24, 2.45) is 5.73 Å². The summed E-state index contributed by atoms with van der Waals surface area (Å²) in [5.41, 5.74) is 7.40. The molecule has 1 aromatic carbocycles. The third-order valence-corrected chi connectivity index (χ3v) is 2.47. The summed E-state index contributed by atoms with van der Waals surface area (Å²) in [4.78, 5) is 12.0. The largest absolute Gasteiger partial charge is 0.508 e. The molecule has 0 aliphatic carbocycles. The minimum absolute atomic E-state index is 0.122. The minimum Gasteiger partial charge on any atom is -0.508 e. The number of rotatable bonds is 5. The maximum atomic E-state index is 12.0. The van der Waals surface area contributed by atoms with Gasteiger partial charge in [0.25, 0.3) is 5.91 Å². The molecule has 18 heavy (non-hydrogen) atoms. The van der Waals surface area contributed by atoms with Crippen LogP contribution in [0.5, 0.6) is 5.75 Å². The van der Waals surface area contributed by atoms with Gasteiger partial charge in [-0.3, -0.25) is 4.79 Å². The molecule has 1 rings (SSSR count). The number of nitrogens with two attached hydrogens (primary N) is 1. The molecule has 0 unspecified atom stereocenters. The summed E-state index contributed by atoms with van der Waals surface area (Å²) in [6, 6.07) is 4.91. The van der Waals surface area contributed by atoms with E-state index in [1.54, 1.807) is 30.4 Å². The molecule has 4 heteroatoms. The summed E-state index contributed by atoms with van der Waals surface area (Å²) in [7, 11) is 0. The van der Waals surface area contributed by atoms with Crippen molar-refractivity contribution in [3.8, 4) is 5.75 Å². The smallest absolute Gasteiger partial charge is 0.251 e. The van der Waals surface area contributed by atoms with Crippen molar-refractivity contribution in [2.75, 3.05) is 13.1 Å². The van der Waals surface area contributed by atoms with Crippen LogP contribution >= 0.6 is 0 Å². The fourth-order valence-corrected chi connectivity index (χ4v) is 1.59. The lowest BCUT2D eigenvalue weighted by atomic mass is 9.99. The summed E-state index contributed by atoms with van der Waals surface area (Å²) in [6.45, 7) is 6.26. The normalized spacial score (nSPS) is 11.1. The van der Waals surface area contributed by atoms with Crippen LogP contribution in [-0.4, -0.2) is 24.1 Å². The molecule has 0 aliphatic rings. The molecule has 0 heterocycles. The average Bonchev–Trinajstić information content (AvgIpc) is 2.36. The third kappa shape index (κ3) is 3.46. The Morgan fingerprint density at radius 3 is 2.89 bits per heavy atom. The molecule has 0 spiro atoms. The van der Waals surface area contributed by atoms with Gasteiger partial charge in [0.15, 0.2) is 0 Å². The Morgan fingerprint density at radius 2 is 2.28 bits per heavy atom. The summed E-state index contributed by atoms with van der Waals surface area (Å²) in [5.74, 6) is -0.105. The Bertz CT molecular complexity index is 479. The maximum absolute atomic E-state index is 12.0. The van der Waals surface area contributed by atoms with Gasteiger partial charge in [0.05, 0.1) is 0 Å². The highest BCUT2D eigenvalue weighted by Crippen LogP contribution is 2.23. The number of hydrogen-bond donors (Lipinski definition) is 3. The van der Waals surface area contributed by atoms with E-state index in [1.807, 2.05) is 6.92 Å². The summed E-state index contributed by atoms with van der Waals surface area (Å²) >= 11 is 0. The summed E-state index contributed by atoms with van der Waals surface area (Å²) in [6.07, 6.45) is 3.16. The van der Waals surface area contributed by atoms with Crippen molar-refractivity contribution in [2.45, 2.75) is 6.92 Å². The quantitative estimate of drug-likeness (QED) is 0.542. The second-order valence-electron chi connectivity index (χ2n) is 3.86. The molecule has 0 saturated carbocycles. The van der Waals surface area contributed by atoms with Crippen LogP contribution in [-0.2, 0) is 4.79 Å². The summed E-state index contributed by atoms with van der Waals surface area (Å²) in [5, 5.41) is 12.2. The topological polar surface area (TPSA) is 75.4 Å². The molecule has 0 aromatic heterocycles. The van der Waals surface area contributed by atoms with E-state index < -0.39 is 0 Å². The molecule has 4 N–H and O–H groups in total. The first kappa shape index (κ1) is 14.0. The van der Waals surface area contributed by atoms with Gasteiger partial charge >= 0.3 is 0 Å².